The fourth-order valence-electron chi connectivity index (χ4n) is 5.57. The van der Waals surface area contributed by atoms with Crippen molar-refractivity contribution < 1.29 is 24.2 Å². The maximum atomic E-state index is 13.0. The smallest absolute Gasteiger partial charge is 0.407 e. The Morgan fingerprint density at radius 2 is 1.57 bits per heavy atom. The van der Waals surface area contributed by atoms with E-state index in [9.17, 15) is 14.4 Å². The molecule has 2 amide bonds. The third-order valence-corrected chi connectivity index (χ3v) is 7.37. The van der Waals surface area contributed by atoms with Gasteiger partial charge in [-0.05, 0) is 61.8 Å². The zero-order valence-electron chi connectivity index (χ0n) is 20.4. The number of carbonyl (C=O) groups excluding carboxylic acids is 2. The van der Waals surface area contributed by atoms with Gasteiger partial charge in [0.05, 0.1) is 6.42 Å². The number of nitrogens with one attached hydrogen (secondary N) is 1. The number of benzene rings is 2. The highest BCUT2D eigenvalue weighted by Gasteiger charge is 2.33. The first-order valence-corrected chi connectivity index (χ1v) is 12.5. The van der Waals surface area contributed by atoms with Crippen LogP contribution in [0.15, 0.2) is 48.5 Å². The lowest BCUT2D eigenvalue weighted by Gasteiger charge is -2.34. The maximum absolute atomic E-state index is 13.0. The van der Waals surface area contributed by atoms with Crippen LogP contribution in [-0.4, -0.2) is 53.2 Å². The van der Waals surface area contributed by atoms with Crippen LogP contribution >= 0.6 is 0 Å². The van der Waals surface area contributed by atoms with Crippen molar-refractivity contribution in [3.8, 4) is 11.1 Å². The summed E-state index contributed by atoms with van der Waals surface area (Å²) in [5.74, 6) is -0.998. The van der Waals surface area contributed by atoms with Crippen LogP contribution in [0.3, 0.4) is 0 Å². The molecule has 0 spiro atoms. The highest BCUT2D eigenvalue weighted by Crippen LogP contribution is 2.44. The molecule has 0 aliphatic heterocycles. The quantitative estimate of drug-likeness (QED) is 0.568. The van der Waals surface area contributed by atoms with E-state index >= 15 is 0 Å². The molecule has 0 radical (unpaired) electrons. The number of carboxylic acid groups (broad SMARTS) is 1. The van der Waals surface area contributed by atoms with Gasteiger partial charge in [0.2, 0.25) is 5.91 Å². The Kier molecular flexibility index (Phi) is 7.73. The summed E-state index contributed by atoms with van der Waals surface area (Å²) < 4.78 is 5.66. The zero-order valence-corrected chi connectivity index (χ0v) is 20.4. The van der Waals surface area contributed by atoms with Crippen LogP contribution in [0, 0.1) is 5.92 Å². The second-order valence-electron chi connectivity index (χ2n) is 9.59. The number of hydrogen-bond acceptors (Lipinski definition) is 4. The van der Waals surface area contributed by atoms with Gasteiger partial charge in [0.25, 0.3) is 0 Å². The normalized spacial score (nSPS) is 19.8. The standard InChI is InChI=1S/C28H34N2O5/c1-3-30(18(2)16-26(31)32)27(33)19-12-14-20(15-13-19)29-28(34)35-17-25-23-10-6-4-8-21(23)22-9-5-7-11-24(22)25/h4-11,18-20,25H,3,12-17H2,1-2H3,(H,29,34)(H,31,32). The first-order valence-electron chi connectivity index (χ1n) is 12.5. The minimum atomic E-state index is -0.903. The summed E-state index contributed by atoms with van der Waals surface area (Å²) in [6.45, 7) is 4.42. The van der Waals surface area contributed by atoms with Gasteiger partial charge in [-0.15, -0.1) is 0 Å². The van der Waals surface area contributed by atoms with Gasteiger partial charge in [0, 0.05) is 30.5 Å². The van der Waals surface area contributed by atoms with E-state index in [0.29, 0.717) is 32.2 Å². The first kappa shape index (κ1) is 24.8. The van der Waals surface area contributed by atoms with E-state index < -0.39 is 12.1 Å². The molecule has 0 saturated heterocycles. The molecule has 7 nitrogen and oxygen atoms in total. The largest absolute Gasteiger partial charge is 0.481 e. The number of fused-ring (bicyclic) bond motifs is 3. The molecule has 1 unspecified atom stereocenters. The van der Waals surface area contributed by atoms with Gasteiger partial charge in [-0.25, -0.2) is 4.79 Å². The van der Waals surface area contributed by atoms with Gasteiger partial charge < -0.3 is 20.1 Å². The minimum absolute atomic E-state index is 0.0147. The van der Waals surface area contributed by atoms with Crippen molar-refractivity contribution in [3.05, 3.63) is 59.7 Å². The Hall–Kier alpha value is -3.35. The molecule has 0 heterocycles. The fraction of sp³-hybridized carbons (Fsp3) is 0.464. The summed E-state index contributed by atoms with van der Waals surface area (Å²) in [4.78, 5) is 38.3. The van der Waals surface area contributed by atoms with Crippen molar-refractivity contribution in [2.24, 2.45) is 5.92 Å². The number of carbonyl (C=O) groups is 3. The number of hydrogen-bond donors (Lipinski definition) is 2. The summed E-state index contributed by atoms with van der Waals surface area (Å²) in [6, 6.07) is 16.1. The number of alkyl carbamates (subject to hydrolysis) is 1. The van der Waals surface area contributed by atoms with Crippen molar-refractivity contribution in [1.29, 1.82) is 0 Å². The summed E-state index contributed by atoms with van der Waals surface area (Å²) in [5.41, 5.74) is 4.74. The Morgan fingerprint density at radius 3 is 2.11 bits per heavy atom. The first-order chi connectivity index (χ1) is 16.9. The molecule has 1 fully saturated rings. The van der Waals surface area contributed by atoms with Gasteiger partial charge in [-0.1, -0.05) is 48.5 Å². The molecule has 35 heavy (non-hydrogen) atoms. The van der Waals surface area contributed by atoms with Crippen molar-refractivity contribution in [1.82, 2.24) is 10.2 Å². The van der Waals surface area contributed by atoms with Crippen LogP contribution in [-0.2, 0) is 14.3 Å². The average Bonchev–Trinajstić information content (AvgIpc) is 3.17. The van der Waals surface area contributed by atoms with E-state index in [1.165, 1.54) is 22.3 Å². The summed E-state index contributed by atoms with van der Waals surface area (Å²) in [5, 5.41) is 12.0. The Bertz CT molecular complexity index is 1030. The molecular weight excluding hydrogens is 444 g/mol. The van der Waals surface area contributed by atoms with Crippen LogP contribution in [0.5, 0.6) is 0 Å². The van der Waals surface area contributed by atoms with E-state index in [1.54, 1.807) is 11.8 Å². The van der Waals surface area contributed by atoms with E-state index in [1.807, 2.05) is 31.2 Å². The molecule has 0 aromatic heterocycles. The van der Waals surface area contributed by atoms with E-state index in [2.05, 4.69) is 29.6 Å². The molecule has 0 bridgehead atoms. The SMILES string of the molecule is CCN(C(=O)C1CCC(NC(=O)OCC2c3ccccc3-c3ccccc32)CC1)C(C)CC(=O)O. The van der Waals surface area contributed by atoms with Crippen LogP contribution in [0.1, 0.15) is 63.0 Å². The van der Waals surface area contributed by atoms with Crippen LogP contribution in [0.2, 0.25) is 0 Å². The fourth-order valence-corrected chi connectivity index (χ4v) is 5.57. The van der Waals surface area contributed by atoms with Crippen molar-refractivity contribution in [2.75, 3.05) is 13.2 Å². The number of ether oxygens (including phenoxy) is 1. The number of amides is 2. The van der Waals surface area contributed by atoms with Crippen molar-refractivity contribution >= 4 is 18.0 Å². The van der Waals surface area contributed by atoms with Crippen molar-refractivity contribution in [2.45, 2.75) is 64.0 Å². The number of aliphatic carboxylic acids is 1. The Balaban J connectivity index is 1.27. The molecule has 2 aliphatic rings. The lowest BCUT2D eigenvalue weighted by atomic mass is 9.85. The molecular formula is C28H34N2O5. The second kappa shape index (κ2) is 10.9. The predicted molar refractivity (Wildman–Crippen MR) is 133 cm³/mol. The lowest BCUT2D eigenvalue weighted by Crippen LogP contribution is -2.45. The molecule has 1 atom stereocenters. The number of rotatable bonds is 8. The molecule has 7 heteroatoms. The minimum Gasteiger partial charge on any atom is -0.481 e. The van der Waals surface area contributed by atoms with Gasteiger partial charge in [-0.2, -0.15) is 0 Å². The molecule has 4 rings (SSSR count). The lowest BCUT2D eigenvalue weighted by molar-refractivity contribution is -0.142. The summed E-state index contributed by atoms with van der Waals surface area (Å²) >= 11 is 0. The highest BCUT2D eigenvalue weighted by atomic mass is 16.5. The molecule has 2 aromatic rings. The Labute approximate surface area is 206 Å². The Morgan fingerprint density at radius 1 is 1.00 bits per heavy atom. The second-order valence-corrected chi connectivity index (χ2v) is 9.59. The molecule has 2 aromatic carbocycles. The van der Waals surface area contributed by atoms with Gasteiger partial charge in [-0.3, -0.25) is 9.59 Å². The molecule has 1 saturated carbocycles. The van der Waals surface area contributed by atoms with Crippen LogP contribution < -0.4 is 5.32 Å². The topological polar surface area (TPSA) is 95.9 Å². The van der Waals surface area contributed by atoms with Gasteiger partial charge >= 0.3 is 12.1 Å². The molecule has 2 aliphatic carbocycles. The predicted octanol–water partition coefficient (Wildman–Crippen LogP) is 4.80. The number of nitrogens with zero attached hydrogens (tertiary/aromatic N) is 1. The maximum Gasteiger partial charge on any atom is 0.407 e. The average molecular weight is 479 g/mol. The molecule has 2 N–H and O–H groups in total. The van der Waals surface area contributed by atoms with Gasteiger partial charge in [0.1, 0.15) is 6.61 Å². The van der Waals surface area contributed by atoms with E-state index in [-0.39, 0.29) is 42.9 Å². The summed E-state index contributed by atoms with van der Waals surface area (Å²) in [7, 11) is 0. The van der Waals surface area contributed by atoms with Crippen LogP contribution in [0.25, 0.3) is 11.1 Å². The van der Waals surface area contributed by atoms with Crippen LogP contribution in [0.4, 0.5) is 4.79 Å². The number of carboxylic acids is 1. The van der Waals surface area contributed by atoms with E-state index in [0.717, 1.165) is 0 Å². The third-order valence-electron chi connectivity index (χ3n) is 7.37. The third kappa shape index (κ3) is 5.50. The highest BCUT2D eigenvalue weighted by molar-refractivity contribution is 5.80. The van der Waals surface area contributed by atoms with E-state index in [4.69, 9.17) is 9.84 Å². The zero-order chi connectivity index (χ0) is 24.9. The monoisotopic (exact) mass is 478 g/mol. The van der Waals surface area contributed by atoms with Gasteiger partial charge in [0.15, 0.2) is 0 Å². The molecule has 186 valence electrons. The summed E-state index contributed by atoms with van der Waals surface area (Å²) in [6.07, 6.45) is 2.26. The van der Waals surface area contributed by atoms with Crippen molar-refractivity contribution in [3.63, 3.8) is 0 Å².